The molecular formula is C31H39N3O4S. The predicted molar refractivity (Wildman–Crippen MR) is 156 cm³/mol. The number of unbranched alkanes of at least 4 members (excludes halogenated alkanes) is 1. The van der Waals surface area contributed by atoms with Gasteiger partial charge in [-0.15, -0.1) is 0 Å². The van der Waals surface area contributed by atoms with E-state index in [1.807, 2.05) is 64.1 Å². The Morgan fingerprint density at radius 3 is 2.18 bits per heavy atom. The number of hydrogen-bond acceptors (Lipinski definition) is 4. The molecule has 3 rings (SSSR count). The highest BCUT2D eigenvalue weighted by Crippen LogP contribution is 2.28. The summed E-state index contributed by atoms with van der Waals surface area (Å²) in [5.74, 6) is -0.734. The van der Waals surface area contributed by atoms with Gasteiger partial charge < -0.3 is 10.2 Å². The summed E-state index contributed by atoms with van der Waals surface area (Å²) in [5.41, 5.74) is 3.96. The van der Waals surface area contributed by atoms with Gasteiger partial charge in [-0.25, -0.2) is 8.42 Å². The summed E-state index contributed by atoms with van der Waals surface area (Å²) in [6.45, 7) is 9.65. The molecule has 0 bridgehead atoms. The average Bonchev–Trinajstić information content (AvgIpc) is 2.92. The quantitative estimate of drug-likeness (QED) is 0.317. The zero-order valence-corrected chi connectivity index (χ0v) is 24.3. The van der Waals surface area contributed by atoms with E-state index in [1.54, 1.807) is 31.2 Å². The first kappa shape index (κ1) is 29.9. The van der Waals surface area contributed by atoms with E-state index in [2.05, 4.69) is 5.32 Å². The highest BCUT2D eigenvalue weighted by molar-refractivity contribution is 7.92. The molecule has 0 aliphatic carbocycles. The minimum absolute atomic E-state index is 0.0918. The van der Waals surface area contributed by atoms with Crippen molar-refractivity contribution in [3.8, 4) is 0 Å². The fourth-order valence-electron chi connectivity index (χ4n) is 4.23. The fraction of sp³-hybridized carbons (Fsp3) is 0.355. The maximum atomic E-state index is 14.0. The number of hydrogen-bond donors (Lipinski definition) is 1. The standard InChI is InChI=1S/C31H39N3O4S/c1-6-7-19-32-31(36)26(5)33(21-27-17-14-23(2)15-18-27)30(35)22-34(29-20-24(3)13-16-25(29)4)39(37,38)28-11-9-8-10-12-28/h8-18,20,26H,6-7,19,21-22H2,1-5H3,(H,32,36). The average molecular weight is 550 g/mol. The van der Waals surface area contributed by atoms with Gasteiger partial charge in [0, 0.05) is 13.1 Å². The molecule has 0 aliphatic rings. The van der Waals surface area contributed by atoms with Crippen LogP contribution in [0.5, 0.6) is 0 Å². The van der Waals surface area contributed by atoms with Gasteiger partial charge in [-0.3, -0.25) is 13.9 Å². The van der Waals surface area contributed by atoms with Gasteiger partial charge in [0.2, 0.25) is 11.8 Å². The zero-order chi connectivity index (χ0) is 28.6. The Morgan fingerprint density at radius 1 is 0.897 bits per heavy atom. The molecule has 0 spiro atoms. The van der Waals surface area contributed by atoms with E-state index < -0.39 is 28.5 Å². The van der Waals surface area contributed by atoms with Crippen LogP contribution in [-0.2, 0) is 26.2 Å². The summed E-state index contributed by atoms with van der Waals surface area (Å²) in [5, 5.41) is 2.91. The van der Waals surface area contributed by atoms with Crippen LogP contribution in [0.2, 0.25) is 0 Å². The molecule has 0 fully saturated rings. The number of anilines is 1. The van der Waals surface area contributed by atoms with Gasteiger partial charge in [0.1, 0.15) is 12.6 Å². The van der Waals surface area contributed by atoms with Crippen molar-refractivity contribution in [2.75, 3.05) is 17.4 Å². The summed E-state index contributed by atoms with van der Waals surface area (Å²) in [4.78, 5) is 28.6. The van der Waals surface area contributed by atoms with E-state index in [0.29, 0.717) is 12.2 Å². The smallest absolute Gasteiger partial charge is 0.264 e. The molecule has 39 heavy (non-hydrogen) atoms. The summed E-state index contributed by atoms with van der Waals surface area (Å²) in [6, 6.07) is 20.6. The molecule has 0 heterocycles. The van der Waals surface area contributed by atoms with Crippen LogP contribution >= 0.6 is 0 Å². The Labute approximate surface area is 232 Å². The number of carbonyl (C=O) groups excluding carboxylic acids is 2. The number of nitrogens with zero attached hydrogens (tertiary/aromatic N) is 2. The number of benzene rings is 3. The van der Waals surface area contributed by atoms with E-state index in [-0.39, 0.29) is 17.3 Å². The minimum Gasteiger partial charge on any atom is -0.354 e. The lowest BCUT2D eigenvalue weighted by Crippen LogP contribution is -2.51. The third-order valence-electron chi connectivity index (χ3n) is 6.71. The van der Waals surface area contributed by atoms with E-state index in [4.69, 9.17) is 0 Å². The van der Waals surface area contributed by atoms with Gasteiger partial charge >= 0.3 is 0 Å². The molecular weight excluding hydrogens is 510 g/mol. The highest BCUT2D eigenvalue weighted by atomic mass is 32.2. The fourth-order valence-corrected chi connectivity index (χ4v) is 5.72. The summed E-state index contributed by atoms with van der Waals surface area (Å²) in [6.07, 6.45) is 1.77. The van der Waals surface area contributed by atoms with Crippen LogP contribution in [0.25, 0.3) is 0 Å². The number of nitrogens with one attached hydrogen (secondary N) is 1. The molecule has 8 heteroatoms. The van der Waals surface area contributed by atoms with Crippen molar-refractivity contribution in [2.24, 2.45) is 0 Å². The number of aryl methyl sites for hydroxylation is 3. The molecule has 7 nitrogen and oxygen atoms in total. The normalized spacial score (nSPS) is 12.0. The van der Waals surface area contributed by atoms with E-state index in [1.165, 1.54) is 17.0 Å². The monoisotopic (exact) mass is 549 g/mol. The maximum Gasteiger partial charge on any atom is 0.264 e. The second-order valence-corrected chi connectivity index (χ2v) is 11.8. The number of amides is 2. The Morgan fingerprint density at radius 2 is 1.54 bits per heavy atom. The Hall–Kier alpha value is -3.65. The first-order valence-electron chi connectivity index (χ1n) is 13.3. The van der Waals surface area contributed by atoms with Crippen LogP contribution in [0.4, 0.5) is 5.69 Å². The van der Waals surface area contributed by atoms with Gasteiger partial charge in [0.25, 0.3) is 10.0 Å². The molecule has 1 atom stereocenters. The van der Waals surface area contributed by atoms with Crippen LogP contribution in [0.1, 0.15) is 48.9 Å². The van der Waals surface area contributed by atoms with Crippen molar-refractivity contribution in [1.29, 1.82) is 0 Å². The molecule has 1 N–H and O–H groups in total. The third kappa shape index (κ3) is 7.69. The topological polar surface area (TPSA) is 86.8 Å². The van der Waals surface area contributed by atoms with Crippen molar-refractivity contribution in [3.05, 3.63) is 95.1 Å². The largest absolute Gasteiger partial charge is 0.354 e. The molecule has 208 valence electrons. The van der Waals surface area contributed by atoms with Crippen molar-refractivity contribution in [1.82, 2.24) is 10.2 Å². The molecule has 2 amide bonds. The lowest BCUT2D eigenvalue weighted by Gasteiger charge is -2.32. The zero-order valence-electron chi connectivity index (χ0n) is 23.5. The maximum absolute atomic E-state index is 14.0. The van der Waals surface area contributed by atoms with Crippen molar-refractivity contribution < 1.29 is 18.0 Å². The van der Waals surface area contributed by atoms with Gasteiger partial charge in [0.05, 0.1) is 10.6 Å². The van der Waals surface area contributed by atoms with Gasteiger partial charge in [-0.1, -0.05) is 73.5 Å². The van der Waals surface area contributed by atoms with Crippen LogP contribution in [0.3, 0.4) is 0 Å². The lowest BCUT2D eigenvalue weighted by molar-refractivity contribution is -0.139. The van der Waals surface area contributed by atoms with Crippen LogP contribution in [0.15, 0.2) is 77.7 Å². The summed E-state index contributed by atoms with van der Waals surface area (Å²) in [7, 11) is -4.08. The van der Waals surface area contributed by atoms with Gasteiger partial charge in [0.15, 0.2) is 0 Å². The highest BCUT2D eigenvalue weighted by Gasteiger charge is 2.33. The van der Waals surface area contributed by atoms with E-state index >= 15 is 0 Å². The molecule has 0 aliphatic heterocycles. The molecule has 0 radical (unpaired) electrons. The number of carbonyl (C=O) groups is 2. The molecule has 3 aromatic rings. The van der Waals surface area contributed by atoms with Crippen LogP contribution in [-0.4, -0.2) is 44.3 Å². The lowest BCUT2D eigenvalue weighted by atomic mass is 10.1. The summed E-state index contributed by atoms with van der Waals surface area (Å²) < 4.78 is 29.0. The van der Waals surface area contributed by atoms with Crippen molar-refractivity contribution >= 4 is 27.5 Å². The van der Waals surface area contributed by atoms with Gasteiger partial charge in [-0.2, -0.15) is 0 Å². The molecule has 3 aromatic carbocycles. The summed E-state index contributed by atoms with van der Waals surface area (Å²) >= 11 is 0. The Bertz CT molecular complexity index is 1370. The minimum atomic E-state index is -4.08. The van der Waals surface area contributed by atoms with Gasteiger partial charge in [-0.05, 0) is 69.0 Å². The Balaban J connectivity index is 2.02. The first-order valence-corrected chi connectivity index (χ1v) is 14.8. The Kier molecular flexibility index (Phi) is 10.3. The van der Waals surface area contributed by atoms with Crippen LogP contribution in [0, 0.1) is 20.8 Å². The molecule has 0 saturated heterocycles. The third-order valence-corrected chi connectivity index (χ3v) is 8.49. The van der Waals surface area contributed by atoms with E-state index in [0.717, 1.165) is 39.4 Å². The van der Waals surface area contributed by atoms with E-state index in [9.17, 15) is 18.0 Å². The molecule has 0 aromatic heterocycles. The van der Waals surface area contributed by atoms with Crippen molar-refractivity contribution in [2.45, 2.75) is 64.9 Å². The second-order valence-electron chi connectivity index (χ2n) is 9.94. The number of rotatable bonds is 12. The second kappa shape index (κ2) is 13.4. The predicted octanol–water partition coefficient (Wildman–Crippen LogP) is 5.14. The molecule has 0 saturated carbocycles. The number of sulfonamides is 1. The van der Waals surface area contributed by atoms with Crippen molar-refractivity contribution in [3.63, 3.8) is 0 Å². The molecule has 1 unspecified atom stereocenters. The SMILES string of the molecule is CCCCNC(=O)C(C)N(Cc1ccc(C)cc1)C(=O)CN(c1cc(C)ccc1C)S(=O)(=O)c1ccccc1. The van der Waals surface area contributed by atoms with Crippen LogP contribution < -0.4 is 9.62 Å². The first-order chi connectivity index (χ1) is 18.5.